The van der Waals surface area contributed by atoms with Gasteiger partial charge in [-0.1, -0.05) is 6.92 Å². The van der Waals surface area contributed by atoms with E-state index in [1.54, 1.807) is 6.07 Å². The molecule has 20 heavy (non-hydrogen) atoms. The Morgan fingerprint density at radius 2 is 2.35 bits per heavy atom. The fraction of sp³-hybridized carbons (Fsp3) is 0.692. The van der Waals surface area contributed by atoms with E-state index in [4.69, 9.17) is 4.74 Å². The molecule has 0 aliphatic carbocycles. The second-order valence-corrected chi connectivity index (χ2v) is 7.89. The van der Waals surface area contributed by atoms with Crippen molar-refractivity contribution in [3.63, 3.8) is 0 Å². The first-order valence-corrected chi connectivity index (χ1v) is 9.33. The Morgan fingerprint density at radius 1 is 1.50 bits per heavy atom. The van der Waals surface area contributed by atoms with Crippen LogP contribution in [-0.4, -0.2) is 34.7 Å². The van der Waals surface area contributed by atoms with Crippen LogP contribution in [0, 0.1) is 5.92 Å². The number of hydrogen-bond acceptors (Lipinski definition) is 5. The van der Waals surface area contributed by atoms with E-state index in [-0.39, 0.29) is 0 Å². The van der Waals surface area contributed by atoms with Gasteiger partial charge in [-0.2, -0.15) is 0 Å². The molecule has 2 rings (SSSR count). The Balaban J connectivity index is 1.90. The van der Waals surface area contributed by atoms with Crippen LogP contribution in [0.15, 0.2) is 15.7 Å². The monoisotopic (exact) mass is 318 g/mol. The Bertz CT molecular complexity index is 507. The van der Waals surface area contributed by atoms with Crippen molar-refractivity contribution in [3.05, 3.63) is 17.0 Å². The van der Waals surface area contributed by atoms with Gasteiger partial charge in [0.25, 0.3) is 0 Å². The molecule has 5 nitrogen and oxygen atoms in total. The highest BCUT2D eigenvalue weighted by Gasteiger charge is 2.20. The lowest BCUT2D eigenvalue weighted by Crippen LogP contribution is -2.32. The maximum absolute atomic E-state index is 12.2. The van der Waals surface area contributed by atoms with Gasteiger partial charge >= 0.3 is 0 Å². The molecule has 0 saturated carbocycles. The van der Waals surface area contributed by atoms with E-state index in [9.17, 15) is 8.42 Å². The summed E-state index contributed by atoms with van der Waals surface area (Å²) < 4.78 is 32.8. The molecule has 0 bridgehead atoms. The van der Waals surface area contributed by atoms with E-state index in [1.807, 2.05) is 12.3 Å². The minimum atomic E-state index is -3.38. The van der Waals surface area contributed by atoms with Crippen LogP contribution in [0.4, 0.5) is 0 Å². The van der Waals surface area contributed by atoms with Crippen molar-refractivity contribution in [2.75, 3.05) is 26.3 Å². The average molecular weight is 318 g/mol. The first-order valence-electron chi connectivity index (χ1n) is 6.97. The van der Waals surface area contributed by atoms with E-state index < -0.39 is 10.0 Å². The van der Waals surface area contributed by atoms with Gasteiger partial charge in [-0.25, -0.2) is 13.1 Å². The first-order chi connectivity index (χ1) is 9.62. The molecule has 2 N–H and O–H groups in total. The Kier molecular flexibility index (Phi) is 5.98. The molecule has 114 valence electrons. The van der Waals surface area contributed by atoms with Crippen LogP contribution >= 0.6 is 11.3 Å². The summed E-state index contributed by atoms with van der Waals surface area (Å²) in [5, 5.41) is 5.08. The summed E-state index contributed by atoms with van der Waals surface area (Å²) in [6.07, 6.45) is 2.04. The Morgan fingerprint density at radius 3 is 3.05 bits per heavy atom. The molecule has 1 aromatic heterocycles. The number of ether oxygens (including phenoxy) is 1. The highest BCUT2D eigenvalue weighted by Crippen LogP contribution is 2.21. The van der Waals surface area contributed by atoms with Crippen LogP contribution in [-0.2, 0) is 21.3 Å². The molecule has 0 amide bonds. The molecule has 7 heteroatoms. The molecule has 0 radical (unpaired) electrons. The lowest BCUT2D eigenvalue weighted by molar-refractivity contribution is 0.0568. The molecule has 1 aliphatic rings. The van der Waals surface area contributed by atoms with E-state index in [0.29, 0.717) is 29.8 Å². The van der Waals surface area contributed by atoms with Gasteiger partial charge in [-0.15, -0.1) is 11.3 Å². The lowest BCUT2D eigenvalue weighted by atomic mass is 10.0. The smallest absolute Gasteiger partial charge is 0.250 e. The second kappa shape index (κ2) is 7.51. The van der Waals surface area contributed by atoms with Crippen molar-refractivity contribution in [2.45, 2.75) is 30.5 Å². The van der Waals surface area contributed by atoms with E-state index in [2.05, 4.69) is 10.0 Å². The summed E-state index contributed by atoms with van der Waals surface area (Å²) in [6.45, 7) is 5.51. The SMILES string of the molecule is CCNCc1csc(S(=O)(=O)NCC2CCCOC2)c1. The third-order valence-corrected chi connectivity index (χ3v) is 6.20. The Hall–Kier alpha value is -0.470. The van der Waals surface area contributed by atoms with Crippen molar-refractivity contribution in [1.29, 1.82) is 0 Å². The third-order valence-electron chi connectivity index (χ3n) is 3.29. The minimum Gasteiger partial charge on any atom is -0.381 e. The lowest BCUT2D eigenvalue weighted by Gasteiger charge is -2.21. The standard InChI is InChI=1S/C13H22N2O3S2/c1-2-14-7-12-6-13(19-10-12)20(16,17)15-8-11-4-3-5-18-9-11/h6,10-11,14-15H,2-5,7-9H2,1H3. The average Bonchev–Trinajstić information content (AvgIpc) is 2.94. The van der Waals surface area contributed by atoms with Crippen LogP contribution in [0.1, 0.15) is 25.3 Å². The number of hydrogen-bond donors (Lipinski definition) is 2. The molecule has 2 heterocycles. The van der Waals surface area contributed by atoms with Crippen molar-refractivity contribution in [3.8, 4) is 0 Å². The highest BCUT2D eigenvalue weighted by atomic mass is 32.2. The summed E-state index contributed by atoms with van der Waals surface area (Å²) in [4.78, 5) is 0. The van der Waals surface area contributed by atoms with Crippen molar-refractivity contribution < 1.29 is 13.2 Å². The largest absolute Gasteiger partial charge is 0.381 e. The van der Waals surface area contributed by atoms with Gasteiger partial charge in [-0.05, 0) is 42.3 Å². The molecule has 1 aromatic rings. The Labute approximate surface area is 124 Å². The predicted octanol–water partition coefficient (Wildman–Crippen LogP) is 1.56. The minimum absolute atomic E-state index is 0.291. The fourth-order valence-corrected chi connectivity index (χ4v) is 4.49. The van der Waals surface area contributed by atoms with Crippen LogP contribution in [0.3, 0.4) is 0 Å². The van der Waals surface area contributed by atoms with Crippen molar-refractivity contribution in [1.82, 2.24) is 10.0 Å². The zero-order chi connectivity index (χ0) is 14.4. The molecule has 1 aliphatic heterocycles. The van der Waals surface area contributed by atoms with Gasteiger partial charge < -0.3 is 10.1 Å². The van der Waals surface area contributed by atoms with Crippen molar-refractivity contribution >= 4 is 21.4 Å². The zero-order valence-corrected chi connectivity index (χ0v) is 13.4. The van der Waals surface area contributed by atoms with Crippen LogP contribution in [0.25, 0.3) is 0 Å². The van der Waals surface area contributed by atoms with Gasteiger partial charge in [0.05, 0.1) is 6.61 Å². The van der Waals surface area contributed by atoms with Gasteiger partial charge in [0.15, 0.2) is 0 Å². The summed E-state index contributed by atoms with van der Waals surface area (Å²) >= 11 is 1.27. The molecular formula is C13H22N2O3S2. The topological polar surface area (TPSA) is 67.4 Å². The van der Waals surface area contributed by atoms with E-state index in [0.717, 1.165) is 31.6 Å². The zero-order valence-electron chi connectivity index (χ0n) is 11.7. The normalized spacial score (nSPS) is 20.1. The molecular weight excluding hydrogens is 296 g/mol. The van der Waals surface area contributed by atoms with Gasteiger partial charge in [0, 0.05) is 19.7 Å². The summed E-state index contributed by atoms with van der Waals surface area (Å²) in [5.74, 6) is 0.291. The van der Waals surface area contributed by atoms with Gasteiger partial charge in [0.1, 0.15) is 4.21 Å². The number of rotatable bonds is 7. The number of sulfonamides is 1. The first kappa shape index (κ1) is 15.9. The summed E-state index contributed by atoms with van der Waals surface area (Å²) in [6, 6.07) is 1.74. The van der Waals surface area contributed by atoms with E-state index >= 15 is 0 Å². The maximum Gasteiger partial charge on any atom is 0.250 e. The van der Waals surface area contributed by atoms with Gasteiger partial charge in [-0.3, -0.25) is 0 Å². The quantitative estimate of drug-likeness (QED) is 0.801. The predicted molar refractivity (Wildman–Crippen MR) is 80.4 cm³/mol. The van der Waals surface area contributed by atoms with Crippen LogP contribution < -0.4 is 10.0 Å². The van der Waals surface area contributed by atoms with E-state index in [1.165, 1.54) is 11.3 Å². The maximum atomic E-state index is 12.2. The third kappa shape index (κ3) is 4.53. The molecule has 1 atom stereocenters. The van der Waals surface area contributed by atoms with Crippen molar-refractivity contribution in [2.24, 2.45) is 5.92 Å². The number of nitrogens with one attached hydrogen (secondary N) is 2. The molecule has 0 spiro atoms. The molecule has 0 aromatic carbocycles. The molecule has 1 saturated heterocycles. The van der Waals surface area contributed by atoms with Gasteiger partial charge in [0.2, 0.25) is 10.0 Å². The van der Waals surface area contributed by atoms with Crippen LogP contribution in [0.5, 0.6) is 0 Å². The second-order valence-electron chi connectivity index (χ2n) is 4.99. The molecule has 1 fully saturated rings. The highest BCUT2D eigenvalue weighted by molar-refractivity contribution is 7.91. The summed E-state index contributed by atoms with van der Waals surface area (Å²) in [7, 11) is -3.38. The number of thiophene rings is 1. The van der Waals surface area contributed by atoms with Crippen LogP contribution in [0.2, 0.25) is 0 Å². The summed E-state index contributed by atoms with van der Waals surface area (Å²) in [5.41, 5.74) is 1.01. The molecule has 1 unspecified atom stereocenters. The fourth-order valence-electron chi connectivity index (χ4n) is 2.12.